The molecule has 1 N–H and O–H groups in total. The van der Waals surface area contributed by atoms with Crippen LogP contribution in [0.1, 0.15) is 43.2 Å². The smallest absolute Gasteiger partial charge is 0.191 e. The van der Waals surface area contributed by atoms with E-state index in [1.54, 1.807) is 10.9 Å². The first-order chi connectivity index (χ1) is 17.5. The molecule has 0 atom stereocenters. The van der Waals surface area contributed by atoms with Gasteiger partial charge in [-0.1, -0.05) is 20.8 Å². The summed E-state index contributed by atoms with van der Waals surface area (Å²) in [5, 5.41) is 22.0. The molecule has 0 amide bonds. The van der Waals surface area contributed by atoms with Crippen molar-refractivity contribution < 1.29 is 4.43 Å². The van der Waals surface area contributed by atoms with Gasteiger partial charge < -0.3 is 9.74 Å². The summed E-state index contributed by atoms with van der Waals surface area (Å²) < 4.78 is 10.2. The van der Waals surface area contributed by atoms with Gasteiger partial charge in [-0.05, 0) is 67.9 Å². The van der Waals surface area contributed by atoms with E-state index in [9.17, 15) is 5.26 Å². The van der Waals surface area contributed by atoms with Crippen LogP contribution in [0.2, 0.25) is 18.1 Å². The van der Waals surface area contributed by atoms with Gasteiger partial charge in [0.25, 0.3) is 0 Å². The fraction of sp³-hybridized carbons (Fsp3) is 0.357. The minimum absolute atomic E-state index is 0.128. The standard InChI is InChI=1S/C28H35N7OSi/c1-20-17-22(19-29)9-10-24(20)32-27-23(12-16-36-37(6,7)28(3,4)5)25(18-21(2)31-27)34-15-11-26(33-34)35-14-8-13-30-35/h8-11,13-15,17-18H,12,16H2,1-7H3,(H,31,32). The molecule has 0 saturated carbocycles. The second-order valence-corrected chi connectivity index (χ2v) is 15.6. The van der Waals surface area contributed by atoms with Gasteiger partial charge in [-0.3, -0.25) is 0 Å². The lowest BCUT2D eigenvalue weighted by Gasteiger charge is -2.36. The summed E-state index contributed by atoms with van der Waals surface area (Å²) in [6.07, 6.45) is 6.23. The summed E-state index contributed by atoms with van der Waals surface area (Å²) in [6, 6.07) is 13.7. The largest absolute Gasteiger partial charge is 0.416 e. The van der Waals surface area contributed by atoms with Gasteiger partial charge in [0.15, 0.2) is 14.1 Å². The van der Waals surface area contributed by atoms with Crippen LogP contribution in [0.25, 0.3) is 11.5 Å². The average molecular weight is 514 g/mol. The highest BCUT2D eigenvalue weighted by Gasteiger charge is 2.37. The second-order valence-electron chi connectivity index (χ2n) is 10.8. The predicted molar refractivity (Wildman–Crippen MR) is 149 cm³/mol. The molecule has 3 heterocycles. The zero-order valence-corrected chi connectivity index (χ0v) is 23.7. The maximum absolute atomic E-state index is 9.27. The molecule has 4 aromatic rings. The molecule has 0 spiro atoms. The van der Waals surface area contributed by atoms with Crippen molar-refractivity contribution in [3.8, 4) is 17.6 Å². The molecule has 0 aliphatic carbocycles. The highest BCUT2D eigenvalue weighted by Crippen LogP contribution is 2.37. The summed E-state index contributed by atoms with van der Waals surface area (Å²) in [6.45, 7) is 15.8. The number of nitriles is 1. The predicted octanol–water partition coefficient (Wildman–Crippen LogP) is 6.25. The minimum atomic E-state index is -1.92. The summed E-state index contributed by atoms with van der Waals surface area (Å²) in [7, 11) is -1.92. The van der Waals surface area contributed by atoms with Crippen molar-refractivity contribution >= 4 is 19.8 Å². The Morgan fingerprint density at radius 3 is 2.51 bits per heavy atom. The summed E-state index contributed by atoms with van der Waals surface area (Å²) >= 11 is 0. The lowest BCUT2D eigenvalue weighted by Crippen LogP contribution is -2.41. The molecule has 0 aliphatic heterocycles. The molecule has 0 saturated heterocycles. The summed E-state index contributed by atoms with van der Waals surface area (Å²) in [4.78, 5) is 4.88. The molecule has 37 heavy (non-hydrogen) atoms. The van der Waals surface area contributed by atoms with E-state index in [4.69, 9.17) is 14.5 Å². The third-order valence-corrected chi connectivity index (χ3v) is 11.6. The lowest BCUT2D eigenvalue weighted by atomic mass is 10.1. The molecule has 192 valence electrons. The highest BCUT2D eigenvalue weighted by molar-refractivity contribution is 6.74. The molecule has 0 bridgehead atoms. The Hall–Kier alpha value is -3.74. The Labute approximate surface area is 220 Å². The van der Waals surface area contributed by atoms with E-state index in [1.165, 1.54) is 0 Å². The SMILES string of the molecule is Cc1cc(-n2ccc(-n3cccn3)n2)c(CCO[Si](C)(C)C(C)(C)C)c(Nc2ccc(C#N)cc2C)n1. The average Bonchev–Trinajstić information content (AvgIpc) is 3.52. The van der Waals surface area contributed by atoms with Crippen LogP contribution in [0.3, 0.4) is 0 Å². The van der Waals surface area contributed by atoms with Gasteiger partial charge in [0.2, 0.25) is 0 Å². The van der Waals surface area contributed by atoms with Gasteiger partial charge in [0.1, 0.15) is 5.82 Å². The minimum Gasteiger partial charge on any atom is -0.416 e. The first-order valence-electron chi connectivity index (χ1n) is 12.5. The number of pyridine rings is 1. The Bertz CT molecular complexity index is 1430. The molecule has 3 aromatic heterocycles. The monoisotopic (exact) mass is 513 g/mol. The molecule has 9 heteroatoms. The molecule has 0 aliphatic rings. The highest BCUT2D eigenvalue weighted by atomic mass is 28.4. The zero-order valence-electron chi connectivity index (χ0n) is 22.7. The number of benzene rings is 1. The first-order valence-corrected chi connectivity index (χ1v) is 15.4. The first kappa shape index (κ1) is 26.3. The number of nitrogens with zero attached hydrogens (tertiary/aromatic N) is 6. The zero-order chi connectivity index (χ0) is 26.8. The van der Waals surface area contributed by atoms with Gasteiger partial charge in [-0.15, -0.1) is 5.10 Å². The molecular weight excluding hydrogens is 478 g/mol. The van der Waals surface area contributed by atoms with Crippen molar-refractivity contribution in [1.29, 1.82) is 5.26 Å². The maximum atomic E-state index is 9.27. The van der Waals surface area contributed by atoms with Crippen LogP contribution >= 0.6 is 0 Å². The lowest BCUT2D eigenvalue weighted by molar-refractivity contribution is 0.292. The normalized spacial score (nSPS) is 11.9. The number of hydrogen-bond donors (Lipinski definition) is 1. The van der Waals surface area contributed by atoms with Crippen molar-refractivity contribution in [3.05, 3.63) is 77.4 Å². The second kappa shape index (κ2) is 10.3. The van der Waals surface area contributed by atoms with Gasteiger partial charge in [-0.25, -0.2) is 14.3 Å². The number of rotatable bonds is 8. The van der Waals surface area contributed by atoms with E-state index in [0.29, 0.717) is 18.6 Å². The van der Waals surface area contributed by atoms with Crippen LogP contribution in [0, 0.1) is 25.2 Å². The Balaban J connectivity index is 1.74. The van der Waals surface area contributed by atoms with Crippen LogP contribution in [-0.2, 0) is 10.8 Å². The maximum Gasteiger partial charge on any atom is 0.191 e. The number of hydrogen-bond acceptors (Lipinski definition) is 6. The van der Waals surface area contributed by atoms with Crippen molar-refractivity contribution in [2.24, 2.45) is 0 Å². The Morgan fingerprint density at radius 1 is 1.08 bits per heavy atom. The van der Waals surface area contributed by atoms with Crippen molar-refractivity contribution in [3.63, 3.8) is 0 Å². The summed E-state index contributed by atoms with van der Waals surface area (Å²) in [5.41, 5.74) is 5.35. The van der Waals surface area contributed by atoms with E-state index >= 15 is 0 Å². The van der Waals surface area contributed by atoms with Gasteiger partial charge in [-0.2, -0.15) is 10.4 Å². The Morgan fingerprint density at radius 2 is 1.86 bits per heavy atom. The fourth-order valence-electron chi connectivity index (χ4n) is 3.84. The van der Waals surface area contributed by atoms with E-state index in [2.05, 4.69) is 56.4 Å². The van der Waals surface area contributed by atoms with E-state index < -0.39 is 8.32 Å². The number of aryl methyl sites for hydroxylation is 2. The van der Waals surface area contributed by atoms with Crippen molar-refractivity contribution in [2.45, 2.75) is 59.2 Å². The third kappa shape index (κ3) is 5.82. The van der Waals surface area contributed by atoms with Crippen LogP contribution in [0.4, 0.5) is 11.5 Å². The number of aromatic nitrogens is 5. The van der Waals surface area contributed by atoms with Gasteiger partial charge in [0, 0.05) is 54.6 Å². The molecule has 1 aromatic carbocycles. The quantitative estimate of drug-likeness (QED) is 0.280. The third-order valence-electron chi connectivity index (χ3n) is 7.02. The number of anilines is 2. The molecule has 8 nitrogen and oxygen atoms in total. The van der Waals surface area contributed by atoms with E-state index in [1.807, 2.05) is 61.3 Å². The molecule has 0 unspecified atom stereocenters. The fourth-order valence-corrected chi connectivity index (χ4v) is 4.88. The van der Waals surface area contributed by atoms with Crippen molar-refractivity contribution in [2.75, 3.05) is 11.9 Å². The summed E-state index contributed by atoms with van der Waals surface area (Å²) in [5.74, 6) is 1.50. The van der Waals surface area contributed by atoms with E-state index in [-0.39, 0.29) is 5.04 Å². The molecule has 0 fully saturated rings. The number of nitrogens with one attached hydrogen (secondary N) is 1. The van der Waals surface area contributed by atoms with Crippen LogP contribution < -0.4 is 5.32 Å². The molecule has 4 rings (SSSR count). The van der Waals surface area contributed by atoms with Crippen LogP contribution in [0.5, 0.6) is 0 Å². The Kier molecular flexibility index (Phi) is 7.34. The van der Waals surface area contributed by atoms with Gasteiger partial charge in [0.05, 0.1) is 17.3 Å². The topological polar surface area (TPSA) is 93.6 Å². The van der Waals surface area contributed by atoms with Gasteiger partial charge >= 0.3 is 0 Å². The van der Waals surface area contributed by atoms with Crippen molar-refractivity contribution in [1.82, 2.24) is 24.5 Å². The molecular formula is C28H35N7OSi. The van der Waals surface area contributed by atoms with Crippen LogP contribution in [0.15, 0.2) is 55.0 Å². The van der Waals surface area contributed by atoms with E-state index in [0.717, 1.165) is 39.8 Å². The van der Waals surface area contributed by atoms with Crippen LogP contribution in [-0.4, -0.2) is 39.5 Å². The molecule has 0 radical (unpaired) electrons.